The zero-order valence-electron chi connectivity index (χ0n) is 21.4. The number of sulfonamides is 1. The first-order valence-electron chi connectivity index (χ1n) is 11.5. The van der Waals surface area contributed by atoms with Gasteiger partial charge in [0.25, 0.3) is 10.0 Å². The first-order chi connectivity index (χ1) is 18.7. The molecule has 40 heavy (non-hydrogen) atoms. The summed E-state index contributed by atoms with van der Waals surface area (Å²) in [6.45, 7) is 2.93. The van der Waals surface area contributed by atoms with Crippen molar-refractivity contribution >= 4 is 61.2 Å². The number of H-pyrrole nitrogens is 1. The molecule has 0 aliphatic carbocycles. The summed E-state index contributed by atoms with van der Waals surface area (Å²) < 4.78 is 64.4. The summed E-state index contributed by atoms with van der Waals surface area (Å²) in [5.41, 5.74) is 2.10. The van der Waals surface area contributed by atoms with E-state index in [9.17, 15) is 26.4 Å². The molecule has 3 heterocycles. The number of para-hydroxylation sites is 1. The number of likely N-dealkylation sites (N-methyl/N-ethyl adjacent to an activating group) is 1. The number of carboxylic acids is 1. The van der Waals surface area contributed by atoms with E-state index in [1.807, 2.05) is 30.1 Å². The number of carbonyl (C=O) groups excluding carboxylic acids is 1. The topological polar surface area (TPSA) is 133 Å². The molecule has 16 heteroatoms. The minimum absolute atomic E-state index is 0.210. The number of fused-ring (bicyclic) bond motifs is 1. The van der Waals surface area contributed by atoms with Crippen LogP contribution in [0.25, 0.3) is 21.6 Å². The second-order valence-corrected chi connectivity index (χ2v) is 12.5. The highest BCUT2D eigenvalue weighted by molar-refractivity contribution is 7.94. The molecule has 216 valence electrons. The van der Waals surface area contributed by atoms with E-state index < -0.39 is 22.2 Å². The van der Waals surface area contributed by atoms with Crippen LogP contribution in [0, 0.1) is 0 Å². The number of thiophene rings is 1. The SMILES string of the molecule is CCOC(=O)CN(C)Cc1cnc(-c2cc3cccc(N(C)S(=O)(=O)c4cccs4)c3[nH]2)s1.O=C(O)C(F)(F)F. The molecule has 0 atom stereocenters. The van der Waals surface area contributed by atoms with Gasteiger partial charge in [-0.2, -0.15) is 13.2 Å². The van der Waals surface area contributed by atoms with Crippen LogP contribution < -0.4 is 4.31 Å². The summed E-state index contributed by atoms with van der Waals surface area (Å²) in [7, 11) is -0.226. The second-order valence-electron chi connectivity index (χ2n) is 8.24. The lowest BCUT2D eigenvalue weighted by atomic mass is 10.2. The van der Waals surface area contributed by atoms with E-state index in [0.717, 1.165) is 26.5 Å². The number of aromatic amines is 1. The van der Waals surface area contributed by atoms with Crippen molar-refractivity contribution in [1.29, 1.82) is 0 Å². The van der Waals surface area contributed by atoms with Crippen molar-refractivity contribution in [3.63, 3.8) is 0 Å². The minimum atomic E-state index is -5.08. The lowest BCUT2D eigenvalue weighted by Gasteiger charge is -2.19. The fraction of sp³-hybridized carbons (Fsp3) is 0.292. The summed E-state index contributed by atoms with van der Waals surface area (Å²) in [6, 6.07) is 10.9. The summed E-state index contributed by atoms with van der Waals surface area (Å²) in [5, 5.41) is 10.6. The molecule has 0 saturated heterocycles. The predicted octanol–water partition coefficient (Wildman–Crippen LogP) is 4.81. The van der Waals surface area contributed by atoms with Gasteiger partial charge < -0.3 is 14.8 Å². The quantitative estimate of drug-likeness (QED) is 0.256. The molecule has 0 radical (unpaired) electrons. The summed E-state index contributed by atoms with van der Waals surface area (Å²) >= 11 is 2.71. The van der Waals surface area contributed by atoms with Gasteiger partial charge in [-0.3, -0.25) is 14.0 Å². The van der Waals surface area contributed by atoms with Gasteiger partial charge in [-0.15, -0.1) is 22.7 Å². The number of hydrogen-bond donors (Lipinski definition) is 2. The normalized spacial score (nSPS) is 11.8. The van der Waals surface area contributed by atoms with Gasteiger partial charge >= 0.3 is 18.1 Å². The van der Waals surface area contributed by atoms with Crippen molar-refractivity contribution in [2.75, 3.05) is 31.6 Å². The van der Waals surface area contributed by atoms with Gasteiger partial charge in [0.2, 0.25) is 0 Å². The number of benzene rings is 1. The Balaban J connectivity index is 0.000000559. The van der Waals surface area contributed by atoms with Crippen LogP contribution in [-0.4, -0.2) is 73.8 Å². The molecule has 0 fully saturated rings. The van der Waals surface area contributed by atoms with Crippen LogP contribution >= 0.6 is 22.7 Å². The van der Waals surface area contributed by atoms with Crippen molar-refractivity contribution in [2.24, 2.45) is 0 Å². The van der Waals surface area contributed by atoms with Gasteiger partial charge in [0.15, 0.2) is 0 Å². The number of alkyl halides is 3. The van der Waals surface area contributed by atoms with Gasteiger partial charge in [0, 0.05) is 30.1 Å². The van der Waals surface area contributed by atoms with E-state index in [0.29, 0.717) is 23.0 Å². The largest absolute Gasteiger partial charge is 0.490 e. The number of esters is 1. The van der Waals surface area contributed by atoms with Crippen LogP contribution in [0.4, 0.5) is 18.9 Å². The maximum absolute atomic E-state index is 13.0. The first-order valence-corrected chi connectivity index (χ1v) is 14.6. The molecule has 0 aliphatic heterocycles. The third kappa shape index (κ3) is 7.59. The van der Waals surface area contributed by atoms with E-state index in [1.54, 1.807) is 43.7 Å². The van der Waals surface area contributed by atoms with E-state index in [-0.39, 0.29) is 12.5 Å². The highest BCUT2D eigenvalue weighted by Crippen LogP contribution is 2.34. The Kier molecular flexibility index (Phi) is 9.94. The number of nitrogens with one attached hydrogen (secondary N) is 1. The minimum Gasteiger partial charge on any atom is -0.475 e. The molecular formula is C24H25F3N4O6S3. The molecule has 0 spiro atoms. The van der Waals surface area contributed by atoms with E-state index in [1.165, 1.54) is 27.0 Å². The number of ether oxygens (including phenoxy) is 1. The van der Waals surface area contributed by atoms with Crippen molar-refractivity contribution in [1.82, 2.24) is 14.9 Å². The third-order valence-electron chi connectivity index (χ3n) is 5.24. The smallest absolute Gasteiger partial charge is 0.475 e. The second kappa shape index (κ2) is 12.8. The van der Waals surface area contributed by atoms with Crippen LogP contribution in [-0.2, 0) is 30.9 Å². The van der Waals surface area contributed by atoms with Crippen LogP contribution in [0.5, 0.6) is 0 Å². The average molecular weight is 619 g/mol. The van der Waals surface area contributed by atoms with Gasteiger partial charge in [-0.25, -0.2) is 18.2 Å². The number of nitrogens with zero attached hydrogens (tertiary/aromatic N) is 3. The number of halogens is 3. The Hall–Kier alpha value is -3.47. The molecule has 0 aliphatic rings. The predicted molar refractivity (Wildman–Crippen MR) is 146 cm³/mol. The number of aliphatic carboxylic acids is 1. The maximum Gasteiger partial charge on any atom is 0.490 e. The molecule has 4 rings (SSSR count). The highest BCUT2D eigenvalue weighted by atomic mass is 32.2. The van der Waals surface area contributed by atoms with Crippen LogP contribution in [0.15, 0.2) is 52.2 Å². The highest BCUT2D eigenvalue weighted by Gasteiger charge is 2.38. The van der Waals surface area contributed by atoms with Crippen molar-refractivity contribution < 1.29 is 41.0 Å². The summed E-state index contributed by atoms with van der Waals surface area (Å²) in [5.74, 6) is -3.01. The van der Waals surface area contributed by atoms with Crippen LogP contribution in [0.3, 0.4) is 0 Å². The Morgan fingerprint density at radius 2 is 1.88 bits per heavy atom. The number of aromatic nitrogens is 2. The number of thiazole rings is 1. The molecule has 0 saturated carbocycles. The summed E-state index contributed by atoms with van der Waals surface area (Å²) in [6.07, 6.45) is -3.29. The Labute approximate surface area is 235 Å². The van der Waals surface area contributed by atoms with Crippen molar-refractivity contribution in [2.45, 2.75) is 23.9 Å². The van der Waals surface area contributed by atoms with E-state index in [4.69, 9.17) is 14.6 Å². The molecule has 3 aromatic heterocycles. The third-order valence-corrected chi connectivity index (χ3v) is 9.40. The fourth-order valence-electron chi connectivity index (χ4n) is 3.45. The first kappa shape index (κ1) is 31.1. The molecule has 1 aromatic carbocycles. The van der Waals surface area contributed by atoms with Gasteiger partial charge in [-0.1, -0.05) is 18.2 Å². The number of rotatable bonds is 9. The molecule has 10 nitrogen and oxygen atoms in total. The molecule has 0 bridgehead atoms. The summed E-state index contributed by atoms with van der Waals surface area (Å²) in [4.78, 5) is 31.3. The van der Waals surface area contributed by atoms with Crippen LogP contribution in [0.1, 0.15) is 11.8 Å². The molecule has 0 unspecified atom stereocenters. The lowest BCUT2D eigenvalue weighted by molar-refractivity contribution is -0.192. The monoisotopic (exact) mass is 618 g/mol. The molecule has 0 amide bonds. The lowest BCUT2D eigenvalue weighted by Crippen LogP contribution is -2.26. The van der Waals surface area contributed by atoms with Crippen molar-refractivity contribution in [3.8, 4) is 10.7 Å². The van der Waals surface area contributed by atoms with Gasteiger partial charge in [0.05, 0.1) is 30.0 Å². The van der Waals surface area contributed by atoms with Gasteiger partial charge in [0.1, 0.15) is 9.22 Å². The number of carboxylic acid groups (broad SMARTS) is 1. The molecule has 4 aromatic rings. The Morgan fingerprint density at radius 3 is 2.48 bits per heavy atom. The number of hydrogen-bond acceptors (Lipinski definition) is 9. The maximum atomic E-state index is 13.0. The Morgan fingerprint density at radius 1 is 1.18 bits per heavy atom. The van der Waals surface area contributed by atoms with Crippen molar-refractivity contribution in [3.05, 3.63) is 52.9 Å². The average Bonchev–Trinajstić information content (AvgIpc) is 3.63. The Bertz CT molecular complexity index is 1570. The zero-order valence-corrected chi connectivity index (χ0v) is 23.9. The van der Waals surface area contributed by atoms with Gasteiger partial charge in [-0.05, 0) is 37.6 Å². The van der Waals surface area contributed by atoms with E-state index >= 15 is 0 Å². The molecule has 2 N–H and O–H groups in total. The number of carbonyl (C=O) groups is 2. The number of anilines is 1. The van der Waals surface area contributed by atoms with E-state index in [2.05, 4.69) is 9.97 Å². The van der Waals surface area contributed by atoms with Crippen LogP contribution in [0.2, 0.25) is 0 Å². The standard InChI is InChI=1S/C22H24N4O4S3.C2HF3O2/c1-4-30-19(27)14-25(2)13-16-12-23-22(32-16)17-11-15-7-5-8-18(21(15)24-17)26(3)33(28,29)20-9-6-10-31-20;3-2(4,5)1(6)7/h5-12,24H,4,13-14H2,1-3H3;(H,6,7). The molecular weight excluding hydrogens is 593 g/mol. The zero-order chi connectivity index (χ0) is 29.7. The fourth-order valence-corrected chi connectivity index (χ4v) is 6.78.